The molecule has 1 aromatic heterocycles. The molecule has 0 bridgehead atoms. The lowest BCUT2D eigenvalue weighted by Gasteiger charge is -2.50. The molecule has 3 aliphatic rings. The van der Waals surface area contributed by atoms with Gasteiger partial charge >= 0.3 is 5.97 Å². The molecule has 0 unspecified atom stereocenters. The van der Waals surface area contributed by atoms with Crippen LogP contribution in [-0.4, -0.2) is 40.1 Å². The molecule has 1 aromatic rings. The lowest BCUT2D eigenvalue weighted by molar-refractivity contribution is -0.157. The maximum Gasteiger partial charge on any atom is 0.313 e. The van der Waals surface area contributed by atoms with E-state index in [9.17, 15) is 20.1 Å². The second kappa shape index (κ2) is 5.97. The van der Waals surface area contributed by atoms with Gasteiger partial charge in [0.05, 0.1) is 36.8 Å². The zero-order valence-electron chi connectivity index (χ0n) is 14.2. The van der Waals surface area contributed by atoms with Gasteiger partial charge in [0.2, 0.25) is 0 Å². The SMILES string of the molecule is C[C@@H]1C[C@H](O)C2=C(CO)C[C@H](O)C[C@@H]2[C@@]12C[C@@H](c1ccoc1)OC2=O. The van der Waals surface area contributed by atoms with Crippen LogP contribution >= 0.6 is 0 Å². The highest BCUT2D eigenvalue weighted by Crippen LogP contribution is 2.60. The van der Waals surface area contributed by atoms with Crippen LogP contribution < -0.4 is 0 Å². The molecule has 3 N–H and O–H groups in total. The van der Waals surface area contributed by atoms with E-state index in [1.165, 1.54) is 0 Å². The Balaban J connectivity index is 1.78. The smallest absolute Gasteiger partial charge is 0.313 e. The van der Waals surface area contributed by atoms with Crippen molar-refractivity contribution in [3.8, 4) is 0 Å². The van der Waals surface area contributed by atoms with Crippen molar-refractivity contribution in [2.75, 3.05) is 6.61 Å². The minimum atomic E-state index is -0.779. The first-order valence-electron chi connectivity index (χ1n) is 8.89. The average molecular weight is 348 g/mol. The van der Waals surface area contributed by atoms with Gasteiger partial charge in [-0.2, -0.15) is 0 Å². The van der Waals surface area contributed by atoms with Crippen molar-refractivity contribution in [2.45, 2.75) is 50.9 Å². The number of carbonyl (C=O) groups excluding carboxylic acids is 1. The van der Waals surface area contributed by atoms with Crippen molar-refractivity contribution in [3.63, 3.8) is 0 Å². The molecule has 1 saturated carbocycles. The summed E-state index contributed by atoms with van der Waals surface area (Å²) in [5.41, 5.74) is 1.46. The molecule has 2 aliphatic carbocycles. The number of hydrogen-bond acceptors (Lipinski definition) is 6. The molecule has 2 fully saturated rings. The molecule has 0 amide bonds. The van der Waals surface area contributed by atoms with Gasteiger partial charge in [0.25, 0.3) is 0 Å². The Morgan fingerprint density at radius 2 is 2.12 bits per heavy atom. The zero-order chi connectivity index (χ0) is 17.8. The predicted molar refractivity (Wildman–Crippen MR) is 87.2 cm³/mol. The molecule has 6 nitrogen and oxygen atoms in total. The molecule has 0 aromatic carbocycles. The molecule has 6 atom stereocenters. The van der Waals surface area contributed by atoms with Crippen LogP contribution in [0, 0.1) is 17.3 Å². The summed E-state index contributed by atoms with van der Waals surface area (Å²) in [5, 5.41) is 30.7. The van der Waals surface area contributed by atoms with Crippen LogP contribution in [-0.2, 0) is 9.53 Å². The van der Waals surface area contributed by atoms with E-state index < -0.39 is 17.6 Å². The van der Waals surface area contributed by atoms with Gasteiger partial charge in [-0.05, 0) is 42.4 Å². The quantitative estimate of drug-likeness (QED) is 0.556. The first-order valence-corrected chi connectivity index (χ1v) is 8.89. The molecule has 6 heteroatoms. The number of aliphatic hydroxyl groups is 3. The number of rotatable bonds is 2. The molecule has 1 aliphatic heterocycles. The van der Waals surface area contributed by atoms with Crippen LogP contribution in [0.3, 0.4) is 0 Å². The number of ether oxygens (including phenoxy) is 1. The normalized spacial score (nSPS) is 41.1. The second-order valence-electron chi connectivity index (χ2n) is 7.71. The number of fused-ring (bicyclic) bond motifs is 2. The lowest BCUT2D eigenvalue weighted by Crippen LogP contribution is -2.52. The Morgan fingerprint density at radius 1 is 1.32 bits per heavy atom. The Morgan fingerprint density at radius 3 is 2.80 bits per heavy atom. The summed E-state index contributed by atoms with van der Waals surface area (Å²) >= 11 is 0. The van der Waals surface area contributed by atoms with Gasteiger partial charge in [-0.3, -0.25) is 4.79 Å². The molecule has 1 spiro atoms. The fourth-order valence-electron chi connectivity index (χ4n) is 5.26. The third-order valence-electron chi connectivity index (χ3n) is 6.47. The third-order valence-corrected chi connectivity index (χ3v) is 6.47. The van der Waals surface area contributed by atoms with Gasteiger partial charge in [-0.15, -0.1) is 0 Å². The molecule has 0 radical (unpaired) electrons. The standard InChI is InChI=1S/C19H24O6/c1-10-4-15(22)17-12(8-20)5-13(21)6-14(17)19(10)7-16(25-18(19)23)11-2-3-24-9-11/h2-3,9-10,13-16,20-22H,4-8H2,1H3/t10-,13+,14+,15+,16+,19-/m1/s1. The third kappa shape index (κ3) is 2.39. The summed E-state index contributed by atoms with van der Waals surface area (Å²) < 4.78 is 10.8. The Labute approximate surface area is 146 Å². The van der Waals surface area contributed by atoms with Gasteiger partial charge in [0, 0.05) is 17.9 Å². The number of furan rings is 1. The van der Waals surface area contributed by atoms with Crippen LogP contribution in [0.4, 0.5) is 0 Å². The Bertz CT molecular complexity index is 693. The highest BCUT2D eigenvalue weighted by atomic mass is 16.6. The van der Waals surface area contributed by atoms with Crippen LogP contribution in [0.25, 0.3) is 0 Å². The first-order chi connectivity index (χ1) is 12.0. The van der Waals surface area contributed by atoms with Crippen molar-refractivity contribution < 1.29 is 29.3 Å². The van der Waals surface area contributed by atoms with Crippen LogP contribution in [0.5, 0.6) is 0 Å². The van der Waals surface area contributed by atoms with E-state index in [0.717, 1.165) is 11.1 Å². The van der Waals surface area contributed by atoms with E-state index in [1.807, 2.05) is 6.92 Å². The Hall–Kier alpha value is -1.63. The van der Waals surface area contributed by atoms with E-state index >= 15 is 0 Å². The summed E-state index contributed by atoms with van der Waals surface area (Å²) in [5.74, 6) is -0.653. The van der Waals surface area contributed by atoms with Crippen molar-refractivity contribution in [2.24, 2.45) is 17.3 Å². The second-order valence-corrected chi connectivity index (χ2v) is 7.71. The van der Waals surface area contributed by atoms with Crippen LogP contribution in [0.2, 0.25) is 0 Å². The minimum Gasteiger partial charge on any atom is -0.472 e. The first kappa shape index (κ1) is 16.8. The highest BCUT2D eigenvalue weighted by molar-refractivity contribution is 5.81. The van der Waals surface area contributed by atoms with E-state index in [1.54, 1.807) is 18.6 Å². The van der Waals surface area contributed by atoms with Gasteiger partial charge in [0.15, 0.2) is 0 Å². The average Bonchev–Trinajstić information content (AvgIpc) is 3.20. The van der Waals surface area contributed by atoms with Gasteiger partial charge in [0.1, 0.15) is 6.10 Å². The number of carbonyl (C=O) groups is 1. The van der Waals surface area contributed by atoms with Gasteiger partial charge in [-0.1, -0.05) is 6.92 Å². The highest BCUT2D eigenvalue weighted by Gasteiger charge is 2.62. The van der Waals surface area contributed by atoms with Crippen molar-refractivity contribution in [3.05, 3.63) is 35.3 Å². The maximum atomic E-state index is 13.0. The fraction of sp³-hybridized carbons (Fsp3) is 0.632. The van der Waals surface area contributed by atoms with Gasteiger partial charge in [-0.25, -0.2) is 0 Å². The molecule has 4 rings (SSSR count). The van der Waals surface area contributed by atoms with E-state index in [-0.39, 0.29) is 30.5 Å². The van der Waals surface area contributed by atoms with Gasteiger partial charge < -0.3 is 24.5 Å². The molecule has 25 heavy (non-hydrogen) atoms. The largest absolute Gasteiger partial charge is 0.472 e. The van der Waals surface area contributed by atoms with E-state index in [4.69, 9.17) is 9.15 Å². The number of aliphatic hydroxyl groups excluding tert-OH is 3. The van der Waals surface area contributed by atoms with Crippen molar-refractivity contribution in [1.82, 2.24) is 0 Å². The monoisotopic (exact) mass is 348 g/mol. The zero-order valence-corrected chi connectivity index (χ0v) is 14.2. The van der Waals surface area contributed by atoms with Crippen LogP contribution in [0.1, 0.15) is 44.3 Å². The topological polar surface area (TPSA) is 100 Å². The maximum absolute atomic E-state index is 13.0. The molecule has 136 valence electrons. The number of cyclic esters (lactones) is 1. The molecule has 1 saturated heterocycles. The summed E-state index contributed by atoms with van der Waals surface area (Å²) in [6, 6.07) is 1.80. The lowest BCUT2D eigenvalue weighted by atomic mass is 9.53. The minimum absolute atomic E-state index is 0.0779. The molecule has 2 heterocycles. The fourth-order valence-corrected chi connectivity index (χ4v) is 5.26. The summed E-state index contributed by atoms with van der Waals surface area (Å²) in [6.45, 7) is 1.77. The van der Waals surface area contributed by atoms with E-state index in [0.29, 0.717) is 31.3 Å². The van der Waals surface area contributed by atoms with Crippen LogP contribution in [0.15, 0.2) is 34.2 Å². The molecular formula is C19H24O6. The summed E-state index contributed by atoms with van der Waals surface area (Å²) in [6.07, 6.45) is 3.19. The number of esters is 1. The van der Waals surface area contributed by atoms with E-state index in [2.05, 4.69) is 0 Å². The molecular weight excluding hydrogens is 324 g/mol. The summed E-state index contributed by atoms with van der Waals surface area (Å²) in [4.78, 5) is 13.0. The number of hydrogen-bond donors (Lipinski definition) is 3. The Kier molecular flexibility index (Phi) is 4.02. The van der Waals surface area contributed by atoms with Crippen molar-refractivity contribution in [1.29, 1.82) is 0 Å². The van der Waals surface area contributed by atoms with Crippen molar-refractivity contribution >= 4 is 5.97 Å². The summed E-state index contributed by atoms with van der Waals surface area (Å²) in [7, 11) is 0. The predicted octanol–water partition coefficient (Wildman–Crippen LogP) is 1.71.